The lowest BCUT2D eigenvalue weighted by atomic mass is 10.2. The average molecular weight is 190 g/mol. The zero-order valence-electron chi connectivity index (χ0n) is 6.68. The quantitative estimate of drug-likeness (QED) is 0.680. The third kappa shape index (κ3) is 1.62. The lowest BCUT2D eigenvalue weighted by Gasteiger charge is -1.91. The summed E-state index contributed by atoms with van der Waals surface area (Å²) in [7, 11) is 0. The van der Waals surface area contributed by atoms with Crippen molar-refractivity contribution >= 4 is 17.6 Å². The first kappa shape index (κ1) is 8.07. The van der Waals surface area contributed by atoms with Gasteiger partial charge in [-0.15, -0.1) is 11.3 Å². The van der Waals surface area contributed by atoms with Crippen molar-refractivity contribution < 1.29 is 4.79 Å². The van der Waals surface area contributed by atoms with Crippen LogP contribution in [0, 0.1) is 0 Å². The van der Waals surface area contributed by atoms with E-state index in [4.69, 9.17) is 0 Å². The molecule has 2 aromatic rings. The Hall–Kier alpha value is -1.55. The molecule has 0 unspecified atom stereocenters. The molecule has 0 radical (unpaired) electrons. The maximum atomic E-state index is 10.4. The summed E-state index contributed by atoms with van der Waals surface area (Å²) in [4.78, 5) is 19.2. The zero-order chi connectivity index (χ0) is 9.10. The predicted octanol–water partition coefficient (Wildman–Crippen LogP) is 2.02. The van der Waals surface area contributed by atoms with Crippen molar-refractivity contribution in [2.24, 2.45) is 0 Å². The Morgan fingerprint density at radius 3 is 2.69 bits per heavy atom. The molecule has 0 aliphatic rings. The lowest BCUT2D eigenvalue weighted by molar-refractivity contribution is 0.112. The van der Waals surface area contributed by atoms with Crippen molar-refractivity contribution in [3.8, 4) is 10.4 Å². The van der Waals surface area contributed by atoms with Crippen LogP contribution in [0.15, 0.2) is 30.7 Å². The Kier molecular flexibility index (Phi) is 2.14. The number of hydrogen-bond donors (Lipinski definition) is 0. The van der Waals surface area contributed by atoms with E-state index in [9.17, 15) is 4.79 Å². The topological polar surface area (TPSA) is 42.9 Å². The molecule has 0 aliphatic heterocycles. The maximum Gasteiger partial charge on any atom is 0.178 e. The highest BCUT2D eigenvalue weighted by Crippen LogP contribution is 2.24. The highest BCUT2D eigenvalue weighted by molar-refractivity contribution is 7.16. The summed E-state index contributed by atoms with van der Waals surface area (Å²) >= 11 is 1.38. The molecule has 2 heterocycles. The molecule has 2 rings (SSSR count). The molecule has 0 N–H and O–H groups in total. The van der Waals surface area contributed by atoms with Crippen LogP contribution in [0.2, 0.25) is 0 Å². The van der Waals surface area contributed by atoms with E-state index in [-0.39, 0.29) is 0 Å². The zero-order valence-corrected chi connectivity index (χ0v) is 7.49. The smallest absolute Gasteiger partial charge is 0.178 e. The highest BCUT2D eigenvalue weighted by atomic mass is 32.1. The number of rotatable bonds is 2. The van der Waals surface area contributed by atoms with Gasteiger partial charge in [0.15, 0.2) is 11.3 Å². The van der Waals surface area contributed by atoms with Crippen molar-refractivity contribution in [1.82, 2.24) is 9.97 Å². The summed E-state index contributed by atoms with van der Waals surface area (Å²) in [5.41, 5.74) is 1.04. The van der Waals surface area contributed by atoms with E-state index in [1.54, 1.807) is 18.6 Å². The van der Waals surface area contributed by atoms with Crippen molar-refractivity contribution in [2.75, 3.05) is 0 Å². The van der Waals surface area contributed by atoms with Crippen LogP contribution in [0.4, 0.5) is 0 Å². The van der Waals surface area contributed by atoms with Gasteiger partial charge < -0.3 is 0 Å². The number of carbonyl (C=O) groups is 1. The molecule has 0 saturated carbocycles. The molecule has 0 spiro atoms. The summed E-state index contributed by atoms with van der Waals surface area (Å²) in [6, 6.07) is 3.78. The molecule has 4 heteroatoms. The van der Waals surface area contributed by atoms with Crippen LogP contribution in [-0.2, 0) is 0 Å². The van der Waals surface area contributed by atoms with Crippen LogP contribution in [0.5, 0.6) is 0 Å². The SMILES string of the molecule is O=Cc1ncc(-c2ccncc2)s1. The first-order valence-electron chi connectivity index (χ1n) is 3.71. The summed E-state index contributed by atoms with van der Waals surface area (Å²) < 4.78 is 0. The number of hydrogen-bond acceptors (Lipinski definition) is 4. The summed E-state index contributed by atoms with van der Waals surface area (Å²) in [6.07, 6.45) is 5.89. The number of pyridine rings is 1. The Morgan fingerprint density at radius 1 is 1.31 bits per heavy atom. The monoisotopic (exact) mass is 190 g/mol. The van der Waals surface area contributed by atoms with E-state index in [1.165, 1.54) is 11.3 Å². The minimum Gasteiger partial charge on any atom is -0.295 e. The molecule has 0 aromatic carbocycles. The number of nitrogens with zero attached hydrogens (tertiary/aromatic N) is 2. The van der Waals surface area contributed by atoms with Crippen LogP contribution in [-0.4, -0.2) is 16.3 Å². The molecule has 64 valence electrons. The highest BCUT2D eigenvalue weighted by Gasteiger charge is 2.01. The van der Waals surface area contributed by atoms with Crippen molar-refractivity contribution in [1.29, 1.82) is 0 Å². The van der Waals surface area contributed by atoms with Gasteiger partial charge in [0.25, 0.3) is 0 Å². The average Bonchev–Trinajstić information content (AvgIpc) is 2.67. The molecular weight excluding hydrogens is 184 g/mol. The van der Waals surface area contributed by atoms with Crippen LogP contribution < -0.4 is 0 Å². The fraction of sp³-hybridized carbons (Fsp3) is 0. The molecule has 0 saturated heterocycles. The third-order valence-corrected chi connectivity index (χ3v) is 2.56. The second-order valence-electron chi connectivity index (χ2n) is 2.42. The maximum absolute atomic E-state index is 10.4. The van der Waals surface area contributed by atoms with E-state index >= 15 is 0 Å². The standard InChI is InChI=1S/C9H6N2OS/c12-6-9-11-5-8(13-9)7-1-3-10-4-2-7/h1-6H. The number of aromatic nitrogens is 2. The van der Waals surface area contributed by atoms with E-state index in [0.29, 0.717) is 5.01 Å². The molecular formula is C9H6N2OS. The Labute approximate surface area is 79.1 Å². The normalized spacial score (nSPS) is 9.85. The van der Waals surface area contributed by atoms with E-state index in [2.05, 4.69) is 9.97 Å². The second-order valence-corrected chi connectivity index (χ2v) is 3.48. The minimum atomic E-state index is 0.506. The molecule has 2 aromatic heterocycles. The van der Waals surface area contributed by atoms with Gasteiger partial charge in [0.05, 0.1) is 4.88 Å². The van der Waals surface area contributed by atoms with E-state index in [1.807, 2.05) is 12.1 Å². The van der Waals surface area contributed by atoms with Gasteiger partial charge in [0.1, 0.15) is 0 Å². The van der Waals surface area contributed by atoms with Gasteiger partial charge >= 0.3 is 0 Å². The van der Waals surface area contributed by atoms with Crippen molar-refractivity contribution in [2.45, 2.75) is 0 Å². The van der Waals surface area contributed by atoms with Crippen molar-refractivity contribution in [3.05, 3.63) is 35.7 Å². The molecule has 3 nitrogen and oxygen atoms in total. The lowest BCUT2D eigenvalue weighted by Crippen LogP contribution is -1.71. The minimum absolute atomic E-state index is 0.506. The first-order valence-corrected chi connectivity index (χ1v) is 4.53. The van der Waals surface area contributed by atoms with Gasteiger partial charge in [0, 0.05) is 18.6 Å². The number of aldehydes is 1. The van der Waals surface area contributed by atoms with Crippen LogP contribution >= 0.6 is 11.3 Å². The number of carbonyl (C=O) groups excluding carboxylic acids is 1. The Morgan fingerprint density at radius 2 is 2.08 bits per heavy atom. The summed E-state index contributed by atoms with van der Waals surface area (Å²) in [5.74, 6) is 0. The van der Waals surface area contributed by atoms with Crippen LogP contribution in [0.1, 0.15) is 9.80 Å². The van der Waals surface area contributed by atoms with Crippen molar-refractivity contribution in [3.63, 3.8) is 0 Å². The Balaban J connectivity index is 2.41. The van der Waals surface area contributed by atoms with Gasteiger partial charge in [-0.1, -0.05) is 0 Å². The summed E-state index contributed by atoms with van der Waals surface area (Å²) in [5, 5.41) is 0.506. The van der Waals surface area contributed by atoms with Gasteiger partial charge in [-0.2, -0.15) is 0 Å². The molecule has 0 aliphatic carbocycles. The van der Waals surface area contributed by atoms with Crippen LogP contribution in [0.3, 0.4) is 0 Å². The van der Waals surface area contributed by atoms with E-state index in [0.717, 1.165) is 16.7 Å². The van der Waals surface area contributed by atoms with Crippen LogP contribution in [0.25, 0.3) is 10.4 Å². The number of thiazole rings is 1. The fourth-order valence-electron chi connectivity index (χ4n) is 0.992. The molecule has 0 bridgehead atoms. The third-order valence-electron chi connectivity index (χ3n) is 1.59. The van der Waals surface area contributed by atoms with Gasteiger partial charge in [-0.3, -0.25) is 9.78 Å². The molecule has 0 fully saturated rings. The Bertz CT molecular complexity index is 411. The predicted molar refractivity (Wildman–Crippen MR) is 50.7 cm³/mol. The summed E-state index contributed by atoms with van der Waals surface area (Å²) in [6.45, 7) is 0. The second kappa shape index (κ2) is 3.45. The van der Waals surface area contributed by atoms with Gasteiger partial charge in [-0.05, 0) is 17.7 Å². The molecule has 0 amide bonds. The van der Waals surface area contributed by atoms with E-state index < -0.39 is 0 Å². The molecule has 13 heavy (non-hydrogen) atoms. The molecule has 0 atom stereocenters. The van der Waals surface area contributed by atoms with Gasteiger partial charge in [0.2, 0.25) is 0 Å². The fourth-order valence-corrected chi connectivity index (χ4v) is 1.73. The largest absolute Gasteiger partial charge is 0.295 e. The first-order chi connectivity index (χ1) is 6.40. The van der Waals surface area contributed by atoms with Gasteiger partial charge in [-0.25, -0.2) is 4.98 Å².